The Morgan fingerprint density at radius 3 is 2.65 bits per heavy atom. The van der Waals surface area contributed by atoms with Gasteiger partial charge in [-0.25, -0.2) is 4.98 Å². The summed E-state index contributed by atoms with van der Waals surface area (Å²) in [6.45, 7) is 6.24. The Kier molecular flexibility index (Phi) is 4.55. The fourth-order valence-electron chi connectivity index (χ4n) is 1.85. The van der Waals surface area contributed by atoms with Gasteiger partial charge in [-0.2, -0.15) is 11.8 Å². The van der Waals surface area contributed by atoms with E-state index in [4.69, 9.17) is 0 Å². The van der Waals surface area contributed by atoms with Crippen LogP contribution in [0.2, 0.25) is 0 Å². The van der Waals surface area contributed by atoms with Crippen molar-refractivity contribution in [1.29, 1.82) is 0 Å². The van der Waals surface area contributed by atoms with Crippen molar-refractivity contribution in [2.45, 2.75) is 37.7 Å². The summed E-state index contributed by atoms with van der Waals surface area (Å²) in [6, 6.07) is 0. The zero-order chi connectivity index (χ0) is 12.4. The quantitative estimate of drug-likeness (QED) is 0.854. The number of hydrogen-bond acceptors (Lipinski definition) is 5. The molecule has 1 aromatic rings. The molecule has 0 spiro atoms. The van der Waals surface area contributed by atoms with Crippen LogP contribution in [0.3, 0.4) is 0 Å². The average molecular weight is 287 g/mol. The first-order valence-corrected chi connectivity index (χ1v) is 8.68. The van der Waals surface area contributed by atoms with Crippen molar-refractivity contribution in [3.8, 4) is 0 Å². The molecule has 1 fully saturated rings. The predicted molar refractivity (Wildman–Crippen MR) is 78.5 cm³/mol. The molecule has 5 heteroatoms. The Morgan fingerprint density at radius 2 is 2.06 bits per heavy atom. The van der Waals surface area contributed by atoms with Crippen LogP contribution in [-0.2, 0) is 11.2 Å². The molecule has 2 unspecified atom stereocenters. The molecule has 94 valence electrons. The normalized spacial score (nSPS) is 24.9. The van der Waals surface area contributed by atoms with Crippen molar-refractivity contribution in [2.24, 2.45) is 0 Å². The Morgan fingerprint density at radius 1 is 1.35 bits per heavy atom. The number of carbonyl (C=O) groups excluding carboxylic acids is 1. The fraction of sp³-hybridized carbons (Fsp3) is 0.667. The van der Waals surface area contributed by atoms with Crippen molar-refractivity contribution < 1.29 is 4.79 Å². The number of Topliss-reactive ketones (excluding diaryl/α,β-unsaturated/α-hetero) is 1. The minimum absolute atomic E-state index is 0.165. The summed E-state index contributed by atoms with van der Waals surface area (Å²) in [6.07, 6.45) is 0.516. The number of carbonyl (C=O) groups is 1. The lowest BCUT2D eigenvalue weighted by Crippen LogP contribution is -2.32. The highest BCUT2D eigenvalue weighted by Crippen LogP contribution is 2.32. The molecule has 0 N–H and O–H groups in total. The minimum atomic E-state index is 0.165. The Hall–Kier alpha value is -0.0000000000000000833. The lowest BCUT2D eigenvalue weighted by Gasteiger charge is -2.26. The summed E-state index contributed by atoms with van der Waals surface area (Å²) < 4.78 is 0. The van der Waals surface area contributed by atoms with Gasteiger partial charge in [-0.3, -0.25) is 4.79 Å². The summed E-state index contributed by atoms with van der Waals surface area (Å²) in [5.74, 6) is 2.62. The predicted octanol–water partition coefficient (Wildman–Crippen LogP) is 3.11. The SMILES string of the molecule is Cc1nc(CC(=O)C2SCCSC2C)sc1C. The van der Waals surface area contributed by atoms with Crippen LogP contribution in [0.5, 0.6) is 0 Å². The molecule has 1 aliphatic rings. The van der Waals surface area contributed by atoms with Gasteiger partial charge < -0.3 is 0 Å². The Labute approximate surface area is 115 Å². The van der Waals surface area contributed by atoms with E-state index in [1.165, 1.54) is 10.6 Å². The maximum absolute atomic E-state index is 12.2. The second-order valence-corrected chi connectivity index (χ2v) is 8.28. The maximum atomic E-state index is 12.2. The molecule has 1 saturated heterocycles. The second kappa shape index (κ2) is 5.76. The molecule has 17 heavy (non-hydrogen) atoms. The first-order valence-electron chi connectivity index (χ1n) is 5.76. The van der Waals surface area contributed by atoms with Crippen molar-refractivity contribution in [3.63, 3.8) is 0 Å². The molecular formula is C12H17NOS3. The van der Waals surface area contributed by atoms with Crippen LogP contribution in [0.4, 0.5) is 0 Å². The highest BCUT2D eigenvalue weighted by molar-refractivity contribution is 8.07. The molecule has 0 aromatic carbocycles. The van der Waals surface area contributed by atoms with Crippen LogP contribution < -0.4 is 0 Å². The van der Waals surface area contributed by atoms with Gasteiger partial charge in [0.05, 0.1) is 17.4 Å². The molecule has 1 aliphatic heterocycles. The van der Waals surface area contributed by atoms with E-state index in [0.717, 1.165) is 16.5 Å². The summed E-state index contributed by atoms with van der Waals surface area (Å²) in [4.78, 5) is 17.9. The third-order valence-electron chi connectivity index (χ3n) is 2.90. The Balaban J connectivity index is 2.00. The number of hydrogen-bond donors (Lipinski definition) is 0. The van der Waals surface area contributed by atoms with Crippen molar-refractivity contribution in [3.05, 3.63) is 15.6 Å². The molecule has 2 nitrogen and oxygen atoms in total. The van der Waals surface area contributed by atoms with Gasteiger partial charge in [-0.05, 0) is 13.8 Å². The van der Waals surface area contributed by atoms with Crippen molar-refractivity contribution in [2.75, 3.05) is 11.5 Å². The molecule has 0 radical (unpaired) electrons. The van der Waals surface area contributed by atoms with Crippen LogP contribution in [0, 0.1) is 13.8 Å². The summed E-state index contributed by atoms with van der Waals surface area (Å²) in [7, 11) is 0. The number of thiazole rings is 1. The zero-order valence-corrected chi connectivity index (χ0v) is 12.8. The number of nitrogens with zero attached hydrogens (tertiary/aromatic N) is 1. The van der Waals surface area contributed by atoms with Gasteiger partial charge >= 0.3 is 0 Å². The molecule has 0 bridgehead atoms. The number of rotatable bonds is 3. The number of aryl methyl sites for hydroxylation is 2. The molecule has 0 aliphatic carbocycles. The fourth-order valence-corrected chi connectivity index (χ4v) is 5.53. The second-order valence-electron chi connectivity index (χ2n) is 4.26. The van der Waals surface area contributed by atoms with Gasteiger partial charge in [0, 0.05) is 21.6 Å². The minimum Gasteiger partial charge on any atom is -0.298 e. The first kappa shape index (κ1) is 13.4. The lowest BCUT2D eigenvalue weighted by molar-refractivity contribution is -0.117. The van der Waals surface area contributed by atoms with Gasteiger partial charge in [0.25, 0.3) is 0 Å². The van der Waals surface area contributed by atoms with Crippen LogP contribution in [0.15, 0.2) is 0 Å². The molecule has 2 heterocycles. The van der Waals surface area contributed by atoms with E-state index in [-0.39, 0.29) is 5.25 Å². The first-order chi connectivity index (χ1) is 8.08. The third kappa shape index (κ3) is 3.26. The largest absolute Gasteiger partial charge is 0.298 e. The molecule has 2 atom stereocenters. The van der Waals surface area contributed by atoms with Gasteiger partial charge in [0.2, 0.25) is 0 Å². The number of aromatic nitrogens is 1. The molecule has 1 aromatic heterocycles. The highest BCUT2D eigenvalue weighted by atomic mass is 32.2. The molecule has 0 amide bonds. The zero-order valence-electron chi connectivity index (χ0n) is 10.4. The Bertz CT molecular complexity index is 396. The average Bonchev–Trinajstić information content (AvgIpc) is 2.58. The summed E-state index contributed by atoms with van der Waals surface area (Å²) in [5.41, 5.74) is 1.07. The van der Waals surface area contributed by atoms with E-state index >= 15 is 0 Å². The van der Waals surface area contributed by atoms with E-state index in [2.05, 4.69) is 18.8 Å². The molecule has 0 saturated carbocycles. The summed E-state index contributed by atoms with van der Waals surface area (Å²) in [5, 5.41) is 1.59. The lowest BCUT2D eigenvalue weighted by atomic mass is 10.2. The van der Waals surface area contributed by atoms with E-state index < -0.39 is 0 Å². The van der Waals surface area contributed by atoms with E-state index in [9.17, 15) is 4.79 Å². The van der Waals surface area contributed by atoms with Crippen LogP contribution in [-0.4, -0.2) is 32.8 Å². The van der Waals surface area contributed by atoms with Gasteiger partial charge in [0.1, 0.15) is 5.01 Å². The van der Waals surface area contributed by atoms with E-state index in [1.807, 2.05) is 30.4 Å². The highest BCUT2D eigenvalue weighted by Gasteiger charge is 2.29. The van der Waals surface area contributed by atoms with Gasteiger partial charge in [0.15, 0.2) is 5.78 Å². The molecular weight excluding hydrogens is 270 g/mol. The standard InChI is InChI=1S/C12H17NOS3/c1-7-8(2)17-11(13-7)6-10(14)12-9(3)15-4-5-16-12/h9,12H,4-6H2,1-3H3. The van der Waals surface area contributed by atoms with Crippen LogP contribution in [0.25, 0.3) is 0 Å². The van der Waals surface area contributed by atoms with Crippen molar-refractivity contribution in [1.82, 2.24) is 4.98 Å². The molecule has 2 rings (SSSR count). The monoisotopic (exact) mass is 287 g/mol. The van der Waals surface area contributed by atoms with E-state index in [1.54, 1.807) is 11.3 Å². The number of ketones is 1. The smallest absolute Gasteiger partial charge is 0.153 e. The van der Waals surface area contributed by atoms with Crippen LogP contribution in [0.1, 0.15) is 22.5 Å². The van der Waals surface area contributed by atoms with Crippen LogP contribution >= 0.6 is 34.9 Å². The van der Waals surface area contributed by atoms with Crippen molar-refractivity contribution >= 4 is 40.6 Å². The van der Waals surface area contributed by atoms with Gasteiger partial charge in [-0.15, -0.1) is 23.1 Å². The third-order valence-corrected chi connectivity index (χ3v) is 7.11. The topological polar surface area (TPSA) is 30.0 Å². The van der Waals surface area contributed by atoms with Gasteiger partial charge in [-0.1, -0.05) is 6.92 Å². The number of thioether (sulfide) groups is 2. The van der Waals surface area contributed by atoms with E-state index in [0.29, 0.717) is 17.5 Å². The maximum Gasteiger partial charge on any atom is 0.153 e. The summed E-state index contributed by atoms with van der Waals surface area (Å²) >= 11 is 5.39.